The number of cyclic esters (lactones) is 1. The van der Waals surface area contributed by atoms with Crippen molar-refractivity contribution in [2.24, 2.45) is 17.8 Å². The highest BCUT2D eigenvalue weighted by Gasteiger charge is 2.59. The van der Waals surface area contributed by atoms with E-state index in [0.717, 1.165) is 23.4 Å². The highest BCUT2D eigenvalue weighted by Crippen LogP contribution is 2.41. The lowest BCUT2D eigenvalue weighted by Gasteiger charge is -2.47. The van der Waals surface area contributed by atoms with Gasteiger partial charge in [0.2, 0.25) is 0 Å². The summed E-state index contributed by atoms with van der Waals surface area (Å²) in [6.45, 7) is 12.5. The second kappa shape index (κ2) is 17.6. The monoisotopic (exact) mass is 797 g/mol. The number of amides is 1. The highest BCUT2D eigenvalue weighted by atomic mass is 19.1. The number of alkyl carbamates (subject to hydrolysis) is 1. The van der Waals surface area contributed by atoms with Crippen molar-refractivity contribution in [1.82, 2.24) is 15.2 Å². The van der Waals surface area contributed by atoms with Crippen LogP contribution in [0, 0.1) is 17.8 Å². The molecule has 1 aromatic carbocycles. The van der Waals surface area contributed by atoms with Crippen LogP contribution in [0.4, 0.5) is 9.18 Å². The predicted octanol–water partition coefficient (Wildman–Crippen LogP) is 5.59. The number of nitrogens with zero attached hydrogens (tertiary/aromatic N) is 2. The molecule has 3 aliphatic rings. The molecule has 13 nitrogen and oxygen atoms in total. The lowest BCUT2D eigenvalue weighted by molar-refractivity contribution is -0.297. The number of halogens is 1. The van der Waals surface area contributed by atoms with Crippen molar-refractivity contribution in [3.63, 3.8) is 0 Å². The van der Waals surface area contributed by atoms with Crippen molar-refractivity contribution < 1.29 is 52.4 Å². The van der Waals surface area contributed by atoms with E-state index < -0.39 is 83.1 Å². The zero-order chi connectivity index (χ0) is 42.0. The number of fused-ring (bicyclic) bond motifs is 2. The quantitative estimate of drug-likeness (QED) is 0.239. The van der Waals surface area contributed by atoms with E-state index in [9.17, 15) is 24.3 Å². The summed E-state index contributed by atoms with van der Waals surface area (Å²) in [6.07, 6.45) is 0.259. The van der Waals surface area contributed by atoms with Crippen LogP contribution in [0.2, 0.25) is 0 Å². The summed E-state index contributed by atoms with van der Waals surface area (Å²) in [5.74, 6) is -5.90. The zero-order valence-electron chi connectivity index (χ0n) is 34.8. The molecule has 1 amide bonds. The molecule has 0 saturated carbocycles. The van der Waals surface area contributed by atoms with Gasteiger partial charge in [0.05, 0.1) is 36.0 Å². The number of hydrogen-bond acceptors (Lipinski definition) is 12. The van der Waals surface area contributed by atoms with E-state index in [4.69, 9.17) is 23.7 Å². The molecule has 2 N–H and O–H groups in total. The van der Waals surface area contributed by atoms with Crippen LogP contribution in [0.1, 0.15) is 86.6 Å². The number of rotatable bonds is 9. The van der Waals surface area contributed by atoms with Crippen molar-refractivity contribution in [2.75, 3.05) is 20.7 Å². The van der Waals surface area contributed by atoms with Crippen LogP contribution in [0.25, 0.3) is 17.0 Å². The molecule has 3 aliphatic heterocycles. The van der Waals surface area contributed by atoms with E-state index in [1.165, 1.54) is 6.92 Å². The van der Waals surface area contributed by atoms with Gasteiger partial charge in [0.25, 0.3) is 5.67 Å². The van der Waals surface area contributed by atoms with E-state index in [1.54, 1.807) is 40.0 Å². The second-order valence-electron chi connectivity index (χ2n) is 16.9. The Balaban J connectivity index is 1.59. The van der Waals surface area contributed by atoms with E-state index in [2.05, 4.69) is 10.3 Å². The maximum absolute atomic E-state index is 17.0. The summed E-state index contributed by atoms with van der Waals surface area (Å²) in [7, 11) is 3.65. The number of benzene rings is 1. The molecule has 4 heterocycles. The van der Waals surface area contributed by atoms with E-state index in [-0.39, 0.29) is 37.4 Å². The number of Topliss-reactive ketones (excluding diaryl/α,β-unsaturated/α-hetero) is 2. The standard InChI is InChI=1S/C43H60FN3O10/c1-11-14-32-43(8)35(46-40(52)57-43)26(4)33(48)24(2)23-41(6,53-20-13-15-28-17-18-30-29(22-28)16-12-19-45-30)37(27(5)36(50)42(7,44)39(51)55-32)56-38-34(49)31(47(9)10)21-25(3)54-38/h12-13,15-19,22,24-27,31-32,34-35,37-38,49H,11,14,20-21,23H2,1-10H3,(H,46,52)/b15-13+/t24-,25-,26+,27+,31+,32-,34-,35+,37-,38?,41-,42+,43-/m1/s1. The number of aliphatic hydroxyl groups is 1. The number of ether oxygens (including phenoxy) is 5. The average Bonchev–Trinajstić information content (AvgIpc) is 3.48. The maximum Gasteiger partial charge on any atom is 0.408 e. The summed E-state index contributed by atoms with van der Waals surface area (Å²) in [6, 6.07) is 8.28. The number of aromatic nitrogens is 1. The minimum Gasteiger partial charge on any atom is -0.455 e. The van der Waals surface area contributed by atoms with E-state index in [0.29, 0.717) is 12.8 Å². The summed E-state index contributed by atoms with van der Waals surface area (Å²) >= 11 is 0. The van der Waals surface area contributed by atoms with Crippen molar-refractivity contribution in [1.29, 1.82) is 0 Å². The summed E-state index contributed by atoms with van der Waals surface area (Å²) in [4.78, 5) is 61.8. The highest BCUT2D eigenvalue weighted by molar-refractivity contribution is 6.08. The molecule has 0 bridgehead atoms. The maximum atomic E-state index is 17.0. The third-order valence-electron chi connectivity index (χ3n) is 12.1. The Kier molecular flexibility index (Phi) is 13.7. The number of hydrogen-bond donors (Lipinski definition) is 2. The smallest absolute Gasteiger partial charge is 0.408 e. The molecule has 0 radical (unpaired) electrons. The molecular weight excluding hydrogens is 737 g/mol. The average molecular weight is 798 g/mol. The molecular formula is C43H60FN3O10. The molecule has 314 valence electrons. The molecule has 3 saturated heterocycles. The van der Waals surface area contributed by atoms with Crippen LogP contribution in [0.15, 0.2) is 42.6 Å². The molecule has 0 spiro atoms. The number of ketones is 2. The van der Waals surface area contributed by atoms with Crippen molar-refractivity contribution >= 4 is 40.6 Å². The fraction of sp³-hybridized carbons (Fsp3) is 0.651. The number of nitrogens with one attached hydrogen (secondary N) is 1. The van der Waals surface area contributed by atoms with Gasteiger partial charge in [0.15, 0.2) is 17.7 Å². The molecule has 13 atom stereocenters. The summed E-state index contributed by atoms with van der Waals surface area (Å²) < 4.78 is 47.9. The van der Waals surface area contributed by atoms with E-state index >= 15 is 4.39 Å². The predicted molar refractivity (Wildman–Crippen MR) is 211 cm³/mol. The molecule has 2 aromatic rings. The Bertz CT molecular complexity index is 1820. The lowest BCUT2D eigenvalue weighted by Crippen LogP contribution is -2.61. The van der Waals surface area contributed by atoms with Gasteiger partial charge in [-0.2, -0.15) is 0 Å². The van der Waals surface area contributed by atoms with Crippen LogP contribution in [-0.4, -0.2) is 119 Å². The molecule has 3 fully saturated rings. The van der Waals surface area contributed by atoms with E-state index in [1.807, 2.05) is 69.3 Å². The second-order valence-corrected chi connectivity index (χ2v) is 16.9. The number of aliphatic hydroxyl groups excluding tert-OH is 1. The number of carbonyl (C=O) groups excluding carboxylic acids is 4. The van der Waals surface area contributed by atoms with Crippen molar-refractivity contribution in [3.05, 3.63) is 48.2 Å². The minimum atomic E-state index is -3.19. The van der Waals surface area contributed by atoms with Gasteiger partial charge in [-0.15, -0.1) is 0 Å². The SMILES string of the molecule is CCC[C@H]1OC(=O)[C@@](C)(F)C(=O)[C@H](C)[C@@H](OC2O[C@H](C)C[C@H](N(C)C)[C@H]2O)[C@](C)(OC/C=C/c2ccc3ncccc3c2)C[C@@H](C)C(=O)[C@H](C)[C@@H]2NC(=O)O[C@]12C. The van der Waals surface area contributed by atoms with Gasteiger partial charge >= 0.3 is 12.1 Å². The van der Waals surface area contributed by atoms with Crippen LogP contribution < -0.4 is 5.32 Å². The normalized spacial score (nSPS) is 38.5. The third-order valence-corrected chi connectivity index (χ3v) is 12.1. The van der Waals surface area contributed by atoms with Crippen LogP contribution in [-0.2, 0) is 38.1 Å². The first-order valence-electron chi connectivity index (χ1n) is 20.0. The fourth-order valence-corrected chi connectivity index (χ4v) is 8.87. The van der Waals surface area contributed by atoms with Gasteiger partial charge in [0.1, 0.15) is 18.0 Å². The van der Waals surface area contributed by atoms with Crippen LogP contribution >= 0.6 is 0 Å². The zero-order valence-corrected chi connectivity index (χ0v) is 34.8. The first kappa shape index (κ1) is 44.3. The summed E-state index contributed by atoms with van der Waals surface area (Å²) in [5, 5.41) is 15.3. The molecule has 1 aromatic heterocycles. The molecule has 0 aliphatic carbocycles. The molecule has 14 heteroatoms. The van der Waals surface area contributed by atoms with Gasteiger partial charge in [-0.3, -0.25) is 14.6 Å². The van der Waals surface area contributed by atoms with Gasteiger partial charge < -0.3 is 39.0 Å². The van der Waals surface area contributed by atoms with Crippen molar-refractivity contribution in [2.45, 2.75) is 141 Å². The largest absolute Gasteiger partial charge is 0.455 e. The molecule has 57 heavy (non-hydrogen) atoms. The molecule has 5 rings (SSSR count). The van der Waals surface area contributed by atoms with Gasteiger partial charge in [0, 0.05) is 35.4 Å². The number of likely N-dealkylation sites (N-methyl/N-ethyl adjacent to an activating group) is 1. The Morgan fingerprint density at radius 3 is 2.47 bits per heavy atom. The Morgan fingerprint density at radius 2 is 1.79 bits per heavy atom. The number of carbonyl (C=O) groups is 4. The van der Waals surface area contributed by atoms with Crippen LogP contribution in [0.3, 0.4) is 0 Å². The number of pyridine rings is 1. The number of esters is 1. The Hall–Kier alpha value is -3.82. The lowest BCUT2D eigenvalue weighted by atomic mass is 9.73. The minimum absolute atomic E-state index is 0.0260. The van der Waals surface area contributed by atoms with Crippen LogP contribution in [0.5, 0.6) is 0 Å². The first-order valence-corrected chi connectivity index (χ1v) is 20.0. The summed E-state index contributed by atoms with van der Waals surface area (Å²) in [5.41, 5.74) is -4.56. The van der Waals surface area contributed by atoms with Crippen molar-refractivity contribution in [3.8, 4) is 0 Å². The van der Waals surface area contributed by atoms with Gasteiger partial charge in [-0.05, 0) is 84.8 Å². The molecule has 1 unspecified atom stereocenters. The Morgan fingerprint density at radius 1 is 1.07 bits per heavy atom. The first-order chi connectivity index (χ1) is 26.7. The van der Waals surface area contributed by atoms with Gasteiger partial charge in [-0.1, -0.05) is 58.4 Å². The third kappa shape index (κ3) is 9.25. The fourth-order valence-electron chi connectivity index (χ4n) is 8.87. The topological polar surface area (TPSA) is 163 Å². The Labute approximate surface area is 335 Å². The van der Waals surface area contributed by atoms with Gasteiger partial charge in [-0.25, -0.2) is 14.0 Å². The number of alkyl halides is 1.